The first kappa shape index (κ1) is 12.9. The molecule has 2 heterocycles. The van der Waals surface area contributed by atoms with Gasteiger partial charge in [-0.25, -0.2) is 0 Å². The van der Waals surface area contributed by atoms with E-state index in [2.05, 4.69) is 36.1 Å². The zero-order valence-electron chi connectivity index (χ0n) is 11.7. The molecule has 0 aromatic heterocycles. The van der Waals surface area contributed by atoms with E-state index in [0.29, 0.717) is 18.7 Å². The van der Waals surface area contributed by atoms with Crippen molar-refractivity contribution in [3.63, 3.8) is 0 Å². The maximum absolute atomic E-state index is 6.01. The molecule has 104 valence electrons. The number of hydrogen-bond acceptors (Lipinski definition) is 3. The molecule has 3 heteroatoms. The standard InChI is InChI=1S/C16H24N2O/c1-12-6-7-13-4-2-3-5-16(13)18(12)11-15-9-8-14(10-17)19-15/h2-5,12,14-15H,6-11,17H2,1H3. The molecule has 3 atom stereocenters. The Bertz CT molecular complexity index is 435. The molecular formula is C16H24N2O. The van der Waals surface area contributed by atoms with Crippen LogP contribution in [0.1, 0.15) is 31.7 Å². The summed E-state index contributed by atoms with van der Waals surface area (Å²) in [6.45, 7) is 3.99. The highest BCUT2D eigenvalue weighted by atomic mass is 16.5. The predicted molar refractivity (Wildman–Crippen MR) is 78.5 cm³/mol. The Kier molecular flexibility index (Phi) is 3.76. The number of aryl methyl sites for hydroxylation is 1. The van der Waals surface area contributed by atoms with Crippen LogP contribution < -0.4 is 10.6 Å². The van der Waals surface area contributed by atoms with Crippen molar-refractivity contribution in [1.82, 2.24) is 0 Å². The number of para-hydroxylation sites is 1. The van der Waals surface area contributed by atoms with E-state index in [1.54, 1.807) is 0 Å². The third-order valence-corrected chi connectivity index (χ3v) is 4.52. The van der Waals surface area contributed by atoms with Gasteiger partial charge in [-0.1, -0.05) is 18.2 Å². The van der Waals surface area contributed by atoms with Crippen molar-refractivity contribution in [3.05, 3.63) is 29.8 Å². The highest BCUT2D eigenvalue weighted by Crippen LogP contribution is 2.32. The van der Waals surface area contributed by atoms with Crippen LogP contribution in [0.15, 0.2) is 24.3 Å². The Hall–Kier alpha value is -1.06. The largest absolute Gasteiger partial charge is 0.372 e. The molecule has 0 amide bonds. The fourth-order valence-electron chi connectivity index (χ4n) is 3.35. The SMILES string of the molecule is CC1CCc2ccccc2N1CC1CCC(CN)O1. The molecule has 0 spiro atoms. The van der Waals surface area contributed by atoms with Gasteiger partial charge in [-0.2, -0.15) is 0 Å². The van der Waals surface area contributed by atoms with Crippen molar-refractivity contribution < 1.29 is 4.74 Å². The van der Waals surface area contributed by atoms with E-state index in [0.717, 1.165) is 19.4 Å². The lowest BCUT2D eigenvalue weighted by molar-refractivity contribution is 0.0531. The van der Waals surface area contributed by atoms with Gasteiger partial charge in [-0.3, -0.25) is 0 Å². The summed E-state index contributed by atoms with van der Waals surface area (Å²) in [6.07, 6.45) is 5.33. The van der Waals surface area contributed by atoms with Crippen LogP contribution in [0, 0.1) is 0 Å². The zero-order chi connectivity index (χ0) is 13.2. The van der Waals surface area contributed by atoms with E-state index in [1.807, 2.05) is 0 Å². The first-order valence-corrected chi connectivity index (χ1v) is 7.48. The molecule has 1 aromatic carbocycles. The molecular weight excluding hydrogens is 236 g/mol. The van der Waals surface area contributed by atoms with Crippen LogP contribution in [-0.4, -0.2) is 31.3 Å². The van der Waals surface area contributed by atoms with E-state index in [1.165, 1.54) is 24.1 Å². The first-order valence-electron chi connectivity index (χ1n) is 7.48. The summed E-state index contributed by atoms with van der Waals surface area (Å²) >= 11 is 0. The van der Waals surface area contributed by atoms with Crippen LogP contribution in [0.25, 0.3) is 0 Å². The van der Waals surface area contributed by atoms with Gasteiger partial charge in [0.1, 0.15) is 0 Å². The highest BCUT2D eigenvalue weighted by Gasteiger charge is 2.30. The van der Waals surface area contributed by atoms with Gasteiger partial charge in [0.2, 0.25) is 0 Å². The fourth-order valence-corrected chi connectivity index (χ4v) is 3.35. The molecule has 1 fully saturated rings. The maximum atomic E-state index is 6.01. The smallest absolute Gasteiger partial charge is 0.0755 e. The third kappa shape index (κ3) is 2.63. The predicted octanol–water partition coefficient (Wildman–Crippen LogP) is 2.33. The maximum Gasteiger partial charge on any atom is 0.0755 e. The summed E-state index contributed by atoms with van der Waals surface area (Å²) in [6, 6.07) is 9.40. The van der Waals surface area contributed by atoms with Crippen LogP contribution in [0.4, 0.5) is 5.69 Å². The first-order chi connectivity index (χ1) is 9.28. The van der Waals surface area contributed by atoms with Crippen molar-refractivity contribution in [2.75, 3.05) is 18.0 Å². The van der Waals surface area contributed by atoms with Crippen LogP contribution in [-0.2, 0) is 11.2 Å². The normalized spacial score (nSPS) is 30.4. The lowest BCUT2D eigenvalue weighted by Crippen LogP contribution is -2.42. The lowest BCUT2D eigenvalue weighted by atomic mass is 9.96. The highest BCUT2D eigenvalue weighted by molar-refractivity contribution is 5.56. The second-order valence-electron chi connectivity index (χ2n) is 5.86. The van der Waals surface area contributed by atoms with E-state index >= 15 is 0 Å². The minimum absolute atomic E-state index is 0.278. The third-order valence-electron chi connectivity index (χ3n) is 4.52. The number of nitrogens with zero attached hydrogens (tertiary/aromatic N) is 1. The molecule has 2 N–H and O–H groups in total. The van der Waals surface area contributed by atoms with Crippen molar-refractivity contribution in [1.29, 1.82) is 0 Å². The summed E-state index contributed by atoms with van der Waals surface area (Å²) in [7, 11) is 0. The molecule has 0 aliphatic carbocycles. The summed E-state index contributed by atoms with van der Waals surface area (Å²) in [4.78, 5) is 2.53. The van der Waals surface area contributed by atoms with Gasteiger partial charge < -0.3 is 15.4 Å². The second kappa shape index (κ2) is 5.51. The summed E-state index contributed by atoms with van der Waals surface area (Å²) in [5.41, 5.74) is 8.58. The van der Waals surface area contributed by atoms with E-state index in [-0.39, 0.29) is 6.10 Å². The number of fused-ring (bicyclic) bond motifs is 1. The number of nitrogens with two attached hydrogens (primary N) is 1. The average molecular weight is 260 g/mol. The molecule has 1 aromatic rings. The molecule has 3 rings (SSSR count). The Morgan fingerprint density at radius 2 is 2.00 bits per heavy atom. The molecule has 0 radical (unpaired) electrons. The van der Waals surface area contributed by atoms with E-state index in [4.69, 9.17) is 10.5 Å². The Labute approximate surface area is 115 Å². The second-order valence-corrected chi connectivity index (χ2v) is 5.86. The van der Waals surface area contributed by atoms with Gasteiger partial charge in [-0.05, 0) is 44.2 Å². The number of anilines is 1. The monoisotopic (exact) mass is 260 g/mol. The lowest BCUT2D eigenvalue weighted by Gasteiger charge is -2.38. The molecule has 2 aliphatic heterocycles. The van der Waals surface area contributed by atoms with E-state index in [9.17, 15) is 0 Å². The van der Waals surface area contributed by atoms with Crippen LogP contribution in [0.2, 0.25) is 0 Å². The molecule has 0 bridgehead atoms. The Morgan fingerprint density at radius 1 is 1.21 bits per heavy atom. The minimum atomic E-state index is 0.278. The van der Waals surface area contributed by atoms with E-state index < -0.39 is 0 Å². The molecule has 2 aliphatic rings. The average Bonchev–Trinajstić information content (AvgIpc) is 2.90. The Morgan fingerprint density at radius 3 is 2.79 bits per heavy atom. The number of hydrogen-bond donors (Lipinski definition) is 1. The summed E-state index contributed by atoms with van der Waals surface area (Å²) in [5.74, 6) is 0. The van der Waals surface area contributed by atoms with Gasteiger partial charge in [0.25, 0.3) is 0 Å². The number of benzene rings is 1. The van der Waals surface area contributed by atoms with Crippen LogP contribution in [0.3, 0.4) is 0 Å². The molecule has 3 nitrogen and oxygen atoms in total. The van der Waals surface area contributed by atoms with Gasteiger partial charge in [0.15, 0.2) is 0 Å². The zero-order valence-corrected chi connectivity index (χ0v) is 11.7. The number of ether oxygens (including phenoxy) is 1. The van der Waals surface area contributed by atoms with Crippen LogP contribution in [0.5, 0.6) is 0 Å². The molecule has 3 unspecified atom stereocenters. The van der Waals surface area contributed by atoms with Crippen molar-refractivity contribution in [2.24, 2.45) is 5.73 Å². The summed E-state index contributed by atoms with van der Waals surface area (Å²) < 4.78 is 6.01. The van der Waals surface area contributed by atoms with Crippen LogP contribution >= 0.6 is 0 Å². The molecule has 19 heavy (non-hydrogen) atoms. The number of rotatable bonds is 3. The molecule has 1 saturated heterocycles. The van der Waals surface area contributed by atoms with Crippen molar-refractivity contribution >= 4 is 5.69 Å². The quantitative estimate of drug-likeness (QED) is 0.906. The van der Waals surface area contributed by atoms with Crippen molar-refractivity contribution in [3.8, 4) is 0 Å². The van der Waals surface area contributed by atoms with Gasteiger partial charge in [-0.15, -0.1) is 0 Å². The van der Waals surface area contributed by atoms with Gasteiger partial charge >= 0.3 is 0 Å². The van der Waals surface area contributed by atoms with Gasteiger partial charge in [0.05, 0.1) is 12.2 Å². The van der Waals surface area contributed by atoms with Crippen molar-refractivity contribution in [2.45, 2.75) is 50.9 Å². The minimum Gasteiger partial charge on any atom is -0.372 e. The Balaban J connectivity index is 1.73. The fraction of sp³-hybridized carbons (Fsp3) is 0.625. The molecule has 0 saturated carbocycles. The topological polar surface area (TPSA) is 38.5 Å². The summed E-state index contributed by atoms with van der Waals surface area (Å²) in [5, 5.41) is 0. The van der Waals surface area contributed by atoms with Gasteiger partial charge in [0, 0.05) is 24.8 Å².